The van der Waals surface area contributed by atoms with E-state index in [1.165, 1.54) is 6.07 Å². The maximum atomic E-state index is 11.9. The minimum Gasteiger partial charge on any atom is -0.454 e. The van der Waals surface area contributed by atoms with Crippen molar-refractivity contribution in [1.82, 2.24) is 5.32 Å². The molecule has 0 aromatic heterocycles. The lowest BCUT2D eigenvalue weighted by Gasteiger charge is -2.08. The first-order valence-corrected chi connectivity index (χ1v) is 7.76. The number of anilines is 1. The molecule has 2 aromatic carbocycles. The summed E-state index contributed by atoms with van der Waals surface area (Å²) in [5.41, 5.74) is 1.29. The average molecular weight is 343 g/mol. The Morgan fingerprint density at radius 1 is 1.16 bits per heavy atom. The predicted molar refractivity (Wildman–Crippen MR) is 90.6 cm³/mol. The van der Waals surface area contributed by atoms with Gasteiger partial charge in [0.25, 0.3) is 5.69 Å². The Labute approximate surface area is 143 Å². The van der Waals surface area contributed by atoms with Gasteiger partial charge in [0.2, 0.25) is 12.7 Å². The highest BCUT2D eigenvalue weighted by Crippen LogP contribution is 2.32. The fourth-order valence-electron chi connectivity index (χ4n) is 2.43. The van der Waals surface area contributed by atoms with Crippen LogP contribution >= 0.6 is 0 Å². The number of nitrogens with one attached hydrogen (secondary N) is 2. The van der Waals surface area contributed by atoms with Crippen LogP contribution in [0, 0.1) is 10.1 Å². The highest BCUT2D eigenvalue weighted by molar-refractivity contribution is 5.76. The zero-order valence-corrected chi connectivity index (χ0v) is 13.4. The van der Waals surface area contributed by atoms with Gasteiger partial charge >= 0.3 is 0 Å². The van der Waals surface area contributed by atoms with E-state index in [0.29, 0.717) is 30.3 Å². The van der Waals surface area contributed by atoms with E-state index in [1.807, 2.05) is 12.1 Å². The molecule has 1 heterocycles. The molecule has 0 spiro atoms. The maximum Gasteiger partial charge on any atom is 0.292 e. The van der Waals surface area contributed by atoms with Gasteiger partial charge in [-0.05, 0) is 23.8 Å². The molecule has 1 aliphatic heterocycles. The molecule has 3 rings (SSSR count). The summed E-state index contributed by atoms with van der Waals surface area (Å²) in [5, 5.41) is 16.6. The zero-order chi connectivity index (χ0) is 17.6. The number of rotatable bonds is 7. The first-order valence-electron chi connectivity index (χ1n) is 7.76. The van der Waals surface area contributed by atoms with Crippen LogP contribution in [0.15, 0.2) is 42.5 Å². The monoisotopic (exact) mass is 343 g/mol. The molecular formula is C17H17N3O5. The Morgan fingerprint density at radius 2 is 1.96 bits per heavy atom. The molecule has 0 bridgehead atoms. The van der Waals surface area contributed by atoms with E-state index < -0.39 is 4.92 Å². The molecule has 25 heavy (non-hydrogen) atoms. The van der Waals surface area contributed by atoms with Gasteiger partial charge in [0.05, 0.1) is 4.92 Å². The van der Waals surface area contributed by atoms with Crippen LogP contribution in [0.25, 0.3) is 0 Å². The lowest BCUT2D eigenvalue weighted by molar-refractivity contribution is -0.384. The van der Waals surface area contributed by atoms with Crippen molar-refractivity contribution in [3.8, 4) is 11.5 Å². The summed E-state index contributed by atoms with van der Waals surface area (Å²) in [7, 11) is 0. The summed E-state index contributed by atoms with van der Waals surface area (Å²) >= 11 is 0. The van der Waals surface area contributed by atoms with Crippen molar-refractivity contribution in [2.45, 2.75) is 13.0 Å². The number of carbonyl (C=O) groups is 1. The first kappa shape index (κ1) is 16.6. The SMILES string of the molecule is O=C(CCNc1ccccc1[N+](=O)[O-])NCc1ccc2c(c1)OCO2. The van der Waals surface area contributed by atoms with Gasteiger partial charge in [0, 0.05) is 25.6 Å². The van der Waals surface area contributed by atoms with E-state index in [9.17, 15) is 14.9 Å². The van der Waals surface area contributed by atoms with Gasteiger partial charge < -0.3 is 20.1 Å². The second-order valence-corrected chi connectivity index (χ2v) is 5.42. The van der Waals surface area contributed by atoms with Crippen LogP contribution in [0.2, 0.25) is 0 Å². The third-order valence-electron chi connectivity index (χ3n) is 3.69. The number of para-hydroxylation sites is 2. The van der Waals surface area contributed by atoms with Gasteiger partial charge in [-0.25, -0.2) is 0 Å². The molecule has 2 N–H and O–H groups in total. The van der Waals surface area contributed by atoms with Crippen molar-refractivity contribution in [3.63, 3.8) is 0 Å². The molecule has 2 aromatic rings. The molecule has 8 heteroatoms. The van der Waals surface area contributed by atoms with Crippen molar-refractivity contribution >= 4 is 17.3 Å². The van der Waals surface area contributed by atoms with Crippen molar-refractivity contribution in [1.29, 1.82) is 0 Å². The molecule has 1 amide bonds. The van der Waals surface area contributed by atoms with Crippen LogP contribution in [-0.2, 0) is 11.3 Å². The summed E-state index contributed by atoms with van der Waals surface area (Å²) in [4.78, 5) is 22.4. The molecule has 0 aliphatic carbocycles. The standard InChI is InChI=1S/C17H17N3O5/c21-17(7-8-18-13-3-1-2-4-14(13)20(22)23)19-10-12-5-6-15-16(9-12)25-11-24-15/h1-6,9,18H,7-8,10-11H2,(H,19,21). The van der Waals surface area contributed by atoms with E-state index in [0.717, 1.165) is 5.56 Å². The molecule has 8 nitrogen and oxygen atoms in total. The predicted octanol–water partition coefficient (Wildman–Crippen LogP) is 2.44. The van der Waals surface area contributed by atoms with Crippen LogP contribution in [0.4, 0.5) is 11.4 Å². The second kappa shape index (κ2) is 7.52. The molecule has 0 atom stereocenters. The molecule has 0 saturated heterocycles. The Balaban J connectivity index is 1.45. The van der Waals surface area contributed by atoms with E-state index in [-0.39, 0.29) is 24.8 Å². The number of benzene rings is 2. The van der Waals surface area contributed by atoms with Crippen molar-refractivity contribution in [2.75, 3.05) is 18.7 Å². The Hall–Kier alpha value is -3.29. The highest BCUT2D eigenvalue weighted by Gasteiger charge is 2.14. The lowest BCUT2D eigenvalue weighted by Crippen LogP contribution is -2.24. The molecule has 1 aliphatic rings. The number of hydrogen-bond donors (Lipinski definition) is 2. The molecule has 0 fully saturated rings. The van der Waals surface area contributed by atoms with Crippen molar-refractivity contribution in [2.24, 2.45) is 0 Å². The highest BCUT2D eigenvalue weighted by atomic mass is 16.7. The fraction of sp³-hybridized carbons (Fsp3) is 0.235. The van der Waals surface area contributed by atoms with Crippen LogP contribution in [0.1, 0.15) is 12.0 Å². The normalized spacial score (nSPS) is 11.8. The number of amides is 1. The third-order valence-corrected chi connectivity index (χ3v) is 3.69. The van der Waals surface area contributed by atoms with Crippen LogP contribution in [0.3, 0.4) is 0 Å². The number of nitro benzene ring substituents is 1. The quantitative estimate of drug-likeness (QED) is 0.591. The Kier molecular flexibility index (Phi) is 4.98. The number of hydrogen-bond acceptors (Lipinski definition) is 6. The number of fused-ring (bicyclic) bond motifs is 1. The topological polar surface area (TPSA) is 103 Å². The van der Waals surface area contributed by atoms with Gasteiger partial charge in [-0.2, -0.15) is 0 Å². The first-order chi connectivity index (χ1) is 12.1. The summed E-state index contributed by atoms with van der Waals surface area (Å²) < 4.78 is 10.5. The zero-order valence-electron chi connectivity index (χ0n) is 13.4. The van der Waals surface area contributed by atoms with Crippen molar-refractivity contribution in [3.05, 3.63) is 58.1 Å². The minimum atomic E-state index is -0.456. The summed E-state index contributed by atoms with van der Waals surface area (Å²) in [6.07, 6.45) is 0.205. The van der Waals surface area contributed by atoms with Gasteiger partial charge in [-0.1, -0.05) is 18.2 Å². The smallest absolute Gasteiger partial charge is 0.292 e. The Morgan fingerprint density at radius 3 is 2.80 bits per heavy atom. The van der Waals surface area contributed by atoms with E-state index >= 15 is 0 Å². The average Bonchev–Trinajstić information content (AvgIpc) is 3.08. The third kappa shape index (κ3) is 4.17. The summed E-state index contributed by atoms with van der Waals surface area (Å²) in [6.45, 7) is 0.890. The van der Waals surface area contributed by atoms with Gasteiger partial charge in [0.15, 0.2) is 11.5 Å². The lowest BCUT2D eigenvalue weighted by atomic mass is 10.2. The van der Waals surface area contributed by atoms with Crippen LogP contribution < -0.4 is 20.1 Å². The maximum absolute atomic E-state index is 11.9. The van der Waals surface area contributed by atoms with Gasteiger partial charge in [-0.15, -0.1) is 0 Å². The molecule has 0 saturated carbocycles. The Bertz CT molecular complexity index is 794. The summed E-state index contributed by atoms with van der Waals surface area (Å²) in [6, 6.07) is 11.8. The number of ether oxygens (including phenoxy) is 2. The van der Waals surface area contributed by atoms with Crippen LogP contribution in [0.5, 0.6) is 11.5 Å². The van der Waals surface area contributed by atoms with E-state index in [4.69, 9.17) is 9.47 Å². The number of nitrogens with zero attached hydrogens (tertiary/aromatic N) is 1. The van der Waals surface area contributed by atoms with Crippen LogP contribution in [-0.4, -0.2) is 24.2 Å². The molecule has 130 valence electrons. The largest absolute Gasteiger partial charge is 0.454 e. The van der Waals surface area contributed by atoms with E-state index in [2.05, 4.69) is 10.6 Å². The van der Waals surface area contributed by atoms with Gasteiger partial charge in [0.1, 0.15) is 5.69 Å². The molecule has 0 radical (unpaired) electrons. The molecule has 0 unspecified atom stereocenters. The fourth-order valence-corrected chi connectivity index (χ4v) is 2.43. The summed E-state index contributed by atoms with van der Waals surface area (Å²) in [5.74, 6) is 1.22. The second-order valence-electron chi connectivity index (χ2n) is 5.42. The number of nitro groups is 1. The number of carbonyl (C=O) groups excluding carboxylic acids is 1. The minimum absolute atomic E-state index is 0.0109. The van der Waals surface area contributed by atoms with Crippen molar-refractivity contribution < 1.29 is 19.2 Å². The van der Waals surface area contributed by atoms with E-state index in [1.54, 1.807) is 24.3 Å². The van der Waals surface area contributed by atoms with Gasteiger partial charge in [-0.3, -0.25) is 14.9 Å². The molecular weight excluding hydrogens is 326 g/mol.